The Bertz CT molecular complexity index is 427. The lowest BCUT2D eigenvalue weighted by molar-refractivity contribution is 0.0277. The largest absolute Gasteiger partial charge is 0.390 e. The third kappa shape index (κ3) is 4.11. The van der Waals surface area contributed by atoms with E-state index >= 15 is 0 Å². The summed E-state index contributed by atoms with van der Waals surface area (Å²) < 4.78 is 23.8. The van der Waals surface area contributed by atoms with Crippen LogP contribution in [0.3, 0.4) is 0 Å². The SMILES string of the molecule is CCC[C@H](O)[C@H](O)CS(=O)(=O)c1ccccc1. The Hall–Kier alpha value is -0.910. The van der Waals surface area contributed by atoms with Gasteiger partial charge in [-0.2, -0.15) is 0 Å². The number of hydrogen-bond donors (Lipinski definition) is 2. The van der Waals surface area contributed by atoms with Crippen LogP contribution in [0.25, 0.3) is 0 Å². The lowest BCUT2D eigenvalue weighted by Crippen LogP contribution is -2.32. The average molecular weight is 258 g/mol. The fraction of sp³-hybridized carbons (Fsp3) is 0.500. The van der Waals surface area contributed by atoms with Crippen molar-refractivity contribution in [3.8, 4) is 0 Å². The van der Waals surface area contributed by atoms with E-state index < -0.39 is 27.8 Å². The molecule has 0 aliphatic carbocycles. The monoisotopic (exact) mass is 258 g/mol. The predicted molar refractivity (Wildman–Crippen MR) is 65.4 cm³/mol. The van der Waals surface area contributed by atoms with Crippen LogP contribution in [0.4, 0.5) is 0 Å². The Labute approximate surface area is 102 Å². The third-order valence-electron chi connectivity index (χ3n) is 2.52. The molecular formula is C12H18O4S. The van der Waals surface area contributed by atoms with Gasteiger partial charge in [0.15, 0.2) is 9.84 Å². The molecule has 1 aromatic carbocycles. The third-order valence-corrected chi connectivity index (χ3v) is 4.29. The Morgan fingerprint density at radius 3 is 2.24 bits per heavy atom. The van der Waals surface area contributed by atoms with E-state index in [0.717, 1.165) is 0 Å². The molecule has 0 saturated heterocycles. The van der Waals surface area contributed by atoms with Crippen molar-refractivity contribution in [3.05, 3.63) is 30.3 Å². The van der Waals surface area contributed by atoms with Gasteiger partial charge >= 0.3 is 0 Å². The summed E-state index contributed by atoms with van der Waals surface area (Å²) in [4.78, 5) is 0.169. The first kappa shape index (κ1) is 14.2. The quantitative estimate of drug-likeness (QED) is 0.797. The van der Waals surface area contributed by atoms with E-state index in [1.165, 1.54) is 12.1 Å². The molecular weight excluding hydrogens is 240 g/mol. The molecule has 0 unspecified atom stereocenters. The van der Waals surface area contributed by atoms with Crippen molar-refractivity contribution in [1.29, 1.82) is 0 Å². The first-order chi connectivity index (χ1) is 7.97. The van der Waals surface area contributed by atoms with E-state index in [1.807, 2.05) is 6.92 Å². The molecule has 17 heavy (non-hydrogen) atoms. The van der Waals surface area contributed by atoms with Crippen LogP contribution >= 0.6 is 0 Å². The number of benzene rings is 1. The molecule has 0 amide bonds. The lowest BCUT2D eigenvalue weighted by atomic mass is 10.1. The molecule has 0 aromatic heterocycles. The first-order valence-electron chi connectivity index (χ1n) is 5.61. The number of aliphatic hydroxyl groups excluding tert-OH is 2. The summed E-state index contributed by atoms with van der Waals surface area (Å²) in [6.45, 7) is 1.86. The van der Waals surface area contributed by atoms with Crippen molar-refractivity contribution in [2.45, 2.75) is 36.9 Å². The molecule has 1 rings (SSSR count). The van der Waals surface area contributed by atoms with Crippen molar-refractivity contribution >= 4 is 9.84 Å². The zero-order chi connectivity index (χ0) is 12.9. The van der Waals surface area contributed by atoms with Crippen LogP contribution in [0.15, 0.2) is 35.2 Å². The Kier molecular flexibility index (Phi) is 5.11. The minimum atomic E-state index is -3.53. The summed E-state index contributed by atoms with van der Waals surface area (Å²) in [6, 6.07) is 7.94. The van der Waals surface area contributed by atoms with Gasteiger partial charge in [-0.25, -0.2) is 8.42 Å². The van der Waals surface area contributed by atoms with Crippen LogP contribution in [0, 0.1) is 0 Å². The molecule has 2 N–H and O–H groups in total. The maximum absolute atomic E-state index is 11.9. The molecule has 4 nitrogen and oxygen atoms in total. The summed E-state index contributed by atoms with van der Waals surface area (Å²) in [5.74, 6) is -0.446. The lowest BCUT2D eigenvalue weighted by Gasteiger charge is -2.17. The van der Waals surface area contributed by atoms with Gasteiger partial charge in [-0.05, 0) is 18.6 Å². The van der Waals surface area contributed by atoms with Crippen LogP contribution < -0.4 is 0 Å². The van der Waals surface area contributed by atoms with Crippen LogP contribution in [0.1, 0.15) is 19.8 Å². The molecule has 0 fully saturated rings. The van der Waals surface area contributed by atoms with Crippen molar-refractivity contribution in [3.63, 3.8) is 0 Å². The second-order valence-electron chi connectivity index (χ2n) is 4.02. The maximum atomic E-state index is 11.9. The van der Waals surface area contributed by atoms with Gasteiger partial charge in [0.25, 0.3) is 0 Å². The number of sulfone groups is 1. The van der Waals surface area contributed by atoms with Crippen LogP contribution in [-0.2, 0) is 9.84 Å². The normalized spacial score (nSPS) is 15.5. The highest BCUT2D eigenvalue weighted by Gasteiger charge is 2.24. The molecule has 96 valence electrons. The van der Waals surface area contributed by atoms with Gasteiger partial charge in [0.2, 0.25) is 0 Å². The summed E-state index contributed by atoms with van der Waals surface area (Å²) >= 11 is 0. The van der Waals surface area contributed by atoms with E-state index in [1.54, 1.807) is 18.2 Å². The summed E-state index contributed by atoms with van der Waals surface area (Å²) in [6.07, 6.45) is -1.13. The number of hydrogen-bond acceptors (Lipinski definition) is 4. The molecule has 5 heteroatoms. The number of rotatable bonds is 6. The minimum Gasteiger partial charge on any atom is -0.390 e. The fourth-order valence-electron chi connectivity index (χ4n) is 1.55. The minimum absolute atomic E-state index is 0.169. The average Bonchev–Trinajstić information content (AvgIpc) is 2.30. The van der Waals surface area contributed by atoms with Crippen LogP contribution in [-0.4, -0.2) is 36.6 Å². The Balaban J connectivity index is 2.74. The molecule has 2 atom stereocenters. The highest BCUT2D eigenvalue weighted by molar-refractivity contribution is 7.91. The topological polar surface area (TPSA) is 74.6 Å². The molecule has 0 aliphatic rings. The standard InChI is InChI=1S/C12H18O4S/c1-2-6-11(13)12(14)9-17(15,16)10-7-4-3-5-8-10/h3-5,7-8,11-14H,2,6,9H2,1H3/t11-,12+/m0/s1. The number of aliphatic hydroxyl groups is 2. The summed E-state index contributed by atoms with van der Waals surface area (Å²) in [7, 11) is -3.53. The van der Waals surface area contributed by atoms with Crippen molar-refractivity contribution < 1.29 is 18.6 Å². The van der Waals surface area contributed by atoms with Gasteiger partial charge in [-0.15, -0.1) is 0 Å². The van der Waals surface area contributed by atoms with Gasteiger partial charge in [-0.3, -0.25) is 0 Å². The fourth-order valence-corrected chi connectivity index (χ4v) is 2.98. The second kappa shape index (κ2) is 6.14. The molecule has 0 saturated carbocycles. The van der Waals surface area contributed by atoms with Crippen LogP contribution in [0.2, 0.25) is 0 Å². The highest BCUT2D eigenvalue weighted by Crippen LogP contribution is 2.13. The van der Waals surface area contributed by atoms with Gasteiger partial charge < -0.3 is 10.2 Å². The van der Waals surface area contributed by atoms with Gasteiger partial charge in [0.1, 0.15) is 0 Å². The summed E-state index contributed by atoms with van der Waals surface area (Å²) in [5.41, 5.74) is 0. The molecule has 0 spiro atoms. The van der Waals surface area contributed by atoms with Crippen LogP contribution in [0.5, 0.6) is 0 Å². The highest BCUT2D eigenvalue weighted by atomic mass is 32.2. The van der Waals surface area contributed by atoms with Crippen molar-refractivity contribution in [2.24, 2.45) is 0 Å². The van der Waals surface area contributed by atoms with E-state index in [-0.39, 0.29) is 4.90 Å². The zero-order valence-corrected chi connectivity index (χ0v) is 10.6. The Morgan fingerprint density at radius 1 is 1.12 bits per heavy atom. The summed E-state index contributed by atoms with van der Waals surface area (Å²) in [5, 5.41) is 19.1. The molecule has 1 aromatic rings. The second-order valence-corrected chi connectivity index (χ2v) is 6.05. The molecule has 0 bridgehead atoms. The van der Waals surface area contributed by atoms with Gasteiger partial charge in [0, 0.05) is 0 Å². The van der Waals surface area contributed by atoms with Gasteiger partial charge in [-0.1, -0.05) is 31.5 Å². The maximum Gasteiger partial charge on any atom is 0.181 e. The molecule has 0 heterocycles. The van der Waals surface area contributed by atoms with Crippen molar-refractivity contribution in [1.82, 2.24) is 0 Å². The van der Waals surface area contributed by atoms with E-state index in [2.05, 4.69) is 0 Å². The van der Waals surface area contributed by atoms with Gasteiger partial charge in [0.05, 0.1) is 22.9 Å². The van der Waals surface area contributed by atoms with E-state index in [4.69, 9.17) is 0 Å². The first-order valence-corrected chi connectivity index (χ1v) is 7.26. The smallest absolute Gasteiger partial charge is 0.181 e. The Morgan fingerprint density at radius 2 is 1.71 bits per heavy atom. The molecule has 0 aliphatic heterocycles. The van der Waals surface area contributed by atoms with E-state index in [9.17, 15) is 18.6 Å². The van der Waals surface area contributed by atoms with Crippen molar-refractivity contribution in [2.75, 3.05) is 5.75 Å². The zero-order valence-electron chi connectivity index (χ0n) is 9.78. The predicted octanol–water partition coefficient (Wildman–Crippen LogP) is 0.982. The molecule has 0 radical (unpaired) electrons. The van der Waals surface area contributed by atoms with E-state index in [0.29, 0.717) is 12.8 Å².